The summed E-state index contributed by atoms with van der Waals surface area (Å²) < 4.78 is 3.37. The van der Waals surface area contributed by atoms with E-state index in [4.69, 9.17) is 0 Å². The van der Waals surface area contributed by atoms with Gasteiger partial charge in [0.2, 0.25) is 5.91 Å². The molecule has 0 unspecified atom stereocenters. The van der Waals surface area contributed by atoms with Gasteiger partial charge in [0.1, 0.15) is 6.54 Å². The van der Waals surface area contributed by atoms with Gasteiger partial charge in [0.25, 0.3) is 0 Å². The summed E-state index contributed by atoms with van der Waals surface area (Å²) in [5, 5.41) is 19.0. The lowest BCUT2D eigenvalue weighted by atomic mass is 10.1. The van der Waals surface area contributed by atoms with Gasteiger partial charge in [-0.15, -0.1) is 5.10 Å². The number of rotatable bonds is 4. The molecule has 0 aromatic carbocycles. The standard InChI is InChI=1S/C14H21N7O/c1-9-13(10(2)20(3)17-9)15-12(22)8-21-14(16-18-19-21)11-6-4-5-7-11/h11H,4-8H2,1-3H3,(H,15,22). The van der Waals surface area contributed by atoms with E-state index in [2.05, 4.69) is 25.9 Å². The molecule has 8 heteroatoms. The molecule has 2 aromatic rings. The highest BCUT2D eigenvalue weighted by Crippen LogP contribution is 2.32. The van der Waals surface area contributed by atoms with E-state index >= 15 is 0 Å². The average molecular weight is 303 g/mol. The molecule has 1 N–H and O–H groups in total. The van der Waals surface area contributed by atoms with Crippen molar-refractivity contribution < 1.29 is 4.79 Å². The van der Waals surface area contributed by atoms with Gasteiger partial charge in [0, 0.05) is 13.0 Å². The third kappa shape index (κ3) is 2.72. The van der Waals surface area contributed by atoms with Gasteiger partial charge < -0.3 is 5.32 Å². The van der Waals surface area contributed by atoms with Crippen LogP contribution in [0.5, 0.6) is 0 Å². The molecule has 2 heterocycles. The first kappa shape index (κ1) is 14.7. The summed E-state index contributed by atoms with van der Waals surface area (Å²) in [6.07, 6.45) is 4.61. The molecule has 1 aliphatic carbocycles. The van der Waals surface area contributed by atoms with Crippen molar-refractivity contribution in [2.75, 3.05) is 5.32 Å². The molecule has 1 fully saturated rings. The Morgan fingerprint density at radius 3 is 2.68 bits per heavy atom. The second kappa shape index (κ2) is 5.86. The molecule has 0 atom stereocenters. The molecule has 1 aliphatic rings. The predicted molar refractivity (Wildman–Crippen MR) is 80.3 cm³/mol. The number of hydrogen-bond donors (Lipinski definition) is 1. The summed E-state index contributed by atoms with van der Waals surface area (Å²) in [6, 6.07) is 0. The zero-order chi connectivity index (χ0) is 15.7. The van der Waals surface area contributed by atoms with E-state index in [-0.39, 0.29) is 12.5 Å². The van der Waals surface area contributed by atoms with E-state index in [0.29, 0.717) is 5.92 Å². The van der Waals surface area contributed by atoms with E-state index in [0.717, 1.165) is 35.7 Å². The number of amides is 1. The van der Waals surface area contributed by atoms with Crippen LogP contribution in [0, 0.1) is 13.8 Å². The largest absolute Gasteiger partial charge is 0.321 e. The first-order valence-electron chi connectivity index (χ1n) is 7.62. The minimum Gasteiger partial charge on any atom is -0.321 e. The third-order valence-electron chi connectivity index (χ3n) is 4.35. The van der Waals surface area contributed by atoms with E-state index in [9.17, 15) is 4.79 Å². The minimum atomic E-state index is -0.134. The molecule has 0 radical (unpaired) electrons. The molecular formula is C14H21N7O. The van der Waals surface area contributed by atoms with Crippen LogP contribution in [0.1, 0.15) is 48.8 Å². The normalized spacial score (nSPS) is 15.4. The molecule has 0 spiro atoms. The Labute approximate surface area is 128 Å². The van der Waals surface area contributed by atoms with E-state index in [1.54, 1.807) is 9.36 Å². The van der Waals surface area contributed by atoms with Crippen LogP contribution in [0.2, 0.25) is 0 Å². The number of carbonyl (C=O) groups is 1. The lowest BCUT2D eigenvalue weighted by Gasteiger charge is -2.10. The smallest absolute Gasteiger partial charge is 0.246 e. The number of aromatic nitrogens is 6. The zero-order valence-corrected chi connectivity index (χ0v) is 13.2. The highest BCUT2D eigenvalue weighted by molar-refractivity contribution is 5.91. The van der Waals surface area contributed by atoms with Crippen LogP contribution < -0.4 is 5.32 Å². The maximum absolute atomic E-state index is 12.3. The molecule has 0 bridgehead atoms. The Bertz CT molecular complexity index is 681. The number of carbonyl (C=O) groups excluding carboxylic acids is 1. The molecule has 118 valence electrons. The van der Waals surface area contributed by atoms with E-state index in [1.807, 2.05) is 20.9 Å². The van der Waals surface area contributed by atoms with Crippen molar-refractivity contribution in [3.05, 3.63) is 17.2 Å². The van der Waals surface area contributed by atoms with Crippen LogP contribution in [0.15, 0.2) is 0 Å². The predicted octanol–water partition coefficient (Wildman–Crippen LogP) is 1.32. The molecule has 1 saturated carbocycles. The van der Waals surface area contributed by atoms with E-state index < -0.39 is 0 Å². The van der Waals surface area contributed by atoms with Crippen molar-refractivity contribution in [1.29, 1.82) is 0 Å². The van der Waals surface area contributed by atoms with E-state index in [1.165, 1.54) is 12.8 Å². The fourth-order valence-corrected chi connectivity index (χ4v) is 3.07. The van der Waals surface area contributed by atoms with Crippen LogP contribution in [-0.2, 0) is 18.4 Å². The van der Waals surface area contributed by atoms with Gasteiger partial charge >= 0.3 is 0 Å². The Balaban J connectivity index is 1.71. The van der Waals surface area contributed by atoms with Crippen molar-refractivity contribution >= 4 is 11.6 Å². The van der Waals surface area contributed by atoms with Gasteiger partial charge in [-0.1, -0.05) is 12.8 Å². The summed E-state index contributed by atoms with van der Waals surface area (Å²) in [5.74, 6) is 1.07. The van der Waals surface area contributed by atoms with Crippen molar-refractivity contribution in [2.45, 2.75) is 52.0 Å². The fourth-order valence-electron chi connectivity index (χ4n) is 3.07. The van der Waals surface area contributed by atoms with Crippen LogP contribution in [0.4, 0.5) is 5.69 Å². The van der Waals surface area contributed by atoms with Crippen molar-refractivity contribution in [1.82, 2.24) is 30.0 Å². The number of nitrogens with zero attached hydrogens (tertiary/aromatic N) is 6. The van der Waals surface area contributed by atoms with Gasteiger partial charge in [0.05, 0.1) is 17.1 Å². The molecule has 1 amide bonds. The van der Waals surface area contributed by atoms with Crippen LogP contribution in [0.25, 0.3) is 0 Å². The fraction of sp³-hybridized carbons (Fsp3) is 0.643. The molecular weight excluding hydrogens is 282 g/mol. The highest BCUT2D eigenvalue weighted by atomic mass is 16.2. The number of nitrogens with one attached hydrogen (secondary N) is 1. The number of hydrogen-bond acceptors (Lipinski definition) is 5. The second-order valence-corrected chi connectivity index (χ2v) is 5.89. The molecule has 3 rings (SSSR count). The zero-order valence-electron chi connectivity index (χ0n) is 13.2. The number of aryl methyl sites for hydroxylation is 2. The van der Waals surface area contributed by atoms with Gasteiger partial charge in [-0.3, -0.25) is 9.48 Å². The van der Waals surface area contributed by atoms with Gasteiger partial charge in [-0.05, 0) is 37.1 Å². The Morgan fingerprint density at radius 2 is 2.05 bits per heavy atom. The van der Waals surface area contributed by atoms with Crippen molar-refractivity contribution in [3.8, 4) is 0 Å². The molecule has 22 heavy (non-hydrogen) atoms. The Kier molecular flexibility index (Phi) is 3.91. The van der Waals surface area contributed by atoms with Crippen molar-refractivity contribution in [3.63, 3.8) is 0 Å². The third-order valence-corrected chi connectivity index (χ3v) is 4.35. The van der Waals surface area contributed by atoms with Crippen LogP contribution in [0.3, 0.4) is 0 Å². The SMILES string of the molecule is Cc1nn(C)c(C)c1NC(=O)Cn1nnnc1C1CCCC1. The maximum atomic E-state index is 12.3. The van der Waals surface area contributed by atoms with Crippen LogP contribution in [-0.4, -0.2) is 35.9 Å². The maximum Gasteiger partial charge on any atom is 0.246 e. The van der Waals surface area contributed by atoms with Crippen LogP contribution >= 0.6 is 0 Å². The monoisotopic (exact) mass is 303 g/mol. The number of tetrazole rings is 1. The molecule has 0 aliphatic heterocycles. The first-order valence-corrected chi connectivity index (χ1v) is 7.62. The van der Waals surface area contributed by atoms with Gasteiger partial charge in [0.15, 0.2) is 5.82 Å². The highest BCUT2D eigenvalue weighted by Gasteiger charge is 2.24. The summed E-state index contributed by atoms with van der Waals surface area (Å²) in [4.78, 5) is 12.3. The summed E-state index contributed by atoms with van der Waals surface area (Å²) in [5.41, 5.74) is 2.50. The first-order chi connectivity index (χ1) is 10.6. The molecule has 0 saturated heterocycles. The second-order valence-electron chi connectivity index (χ2n) is 5.89. The lowest BCUT2D eigenvalue weighted by molar-refractivity contribution is -0.117. The van der Waals surface area contributed by atoms with Gasteiger partial charge in [-0.2, -0.15) is 5.10 Å². The Morgan fingerprint density at radius 1 is 1.32 bits per heavy atom. The minimum absolute atomic E-state index is 0.132. The summed E-state index contributed by atoms with van der Waals surface area (Å²) in [7, 11) is 1.86. The summed E-state index contributed by atoms with van der Waals surface area (Å²) >= 11 is 0. The molecule has 2 aromatic heterocycles. The quantitative estimate of drug-likeness (QED) is 0.920. The average Bonchev–Trinajstić information content (AvgIpc) is 3.17. The van der Waals surface area contributed by atoms with Gasteiger partial charge in [-0.25, -0.2) is 4.68 Å². The van der Waals surface area contributed by atoms with Crippen molar-refractivity contribution in [2.24, 2.45) is 7.05 Å². The number of anilines is 1. The topological polar surface area (TPSA) is 90.5 Å². The lowest BCUT2D eigenvalue weighted by Crippen LogP contribution is -2.22. The molecule has 8 nitrogen and oxygen atoms in total. The Hall–Kier alpha value is -2.25. The summed E-state index contributed by atoms with van der Waals surface area (Å²) in [6.45, 7) is 3.94.